The van der Waals surface area contributed by atoms with E-state index in [1.807, 2.05) is 13.1 Å². The van der Waals surface area contributed by atoms with Gasteiger partial charge >= 0.3 is 0 Å². The molecular formula is C22H32N4O3. The maximum atomic E-state index is 13.2. The van der Waals surface area contributed by atoms with E-state index in [1.54, 1.807) is 4.90 Å². The third-order valence-corrected chi connectivity index (χ3v) is 6.49. The topological polar surface area (TPSA) is 82.7 Å². The molecular weight excluding hydrogens is 368 g/mol. The Kier molecular flexibility index (Phi) is 6.18. The summed E-state index contributed by atoms with van der Waals surface area (Å²) < 4.78 is 5.92. The number of carbonyl (C=O) groups excluding carboxylic acids is 2. The highest BCUT2D eigenvalue weighted by atomic mass is 16.5. The molecule has 1 unspecified atom stereocenters. The number of benzene rings is 1. The van der Waals surface area contributed by atoms with Crippen LogP contribution in [0.15, 0.2) is 24.3 Å². The van der Waals surface area contributed by atoms with Gasteiger partial charge in [0, 0.05) is 12.6 Å². The number of aryl methyl sites for hydroxylation is 1. The molecule has 3 N–H and O–H groups in total. The smallest absolute Gasteiger partial charge is 0.244 e. The van der Waals surface area contributed by atoms with Crippen molar-refractivity contribution in [3.8, 4) is 0 Å². The average molecular weight is 401 g/mol. The van der Waals surface area contributed by atoms with Crippen LogP contribution in [0, 0.1) is 0 Å². The van der Waals surface area contributed by atoms with Crippen LogP contribution in [0.5, 0.6) is 0 Å². The van der Waals surface area contributed by atoms with Crippen molar-refractivity contribution in [2.75, 3.05) is 20.2 Å². The summed E-state index contributed by atoms with van der Waals surface area (Å²) in [6.45, 7) is 3.09. The standard InChI is InChI=1S/C22H32N4O3/c1-14(23-2)12-24-18-13-29-20-11-10-19(26(20)22(18)28)21(27)25-17-9-5-7-15-6-3-4-8-16(15)17/h3-4,6,8,14,17-20,23-24H,5,7,9-13H2,1-2H3,(H,25,27)/t14-,17+,18-,19?,20-/m0/s1. The number of ether oxygens (including phenoxy) is 1. The number of hydrogen-bond acceptors (Lipinski definition) is 5. The third-order valence-electron chi connectivity index (χ3n) is 6.49. The van der Waals surface area contributed by atoms with Crippen LogP contribution in [0.25, 0.3) is 0 Å². The molecule has 3 aliphatic rings. The average Bonchev–Trinajstić information content (AvgIpc) is 3.18. The molecule has 4 rings (SSSR count). The van der Waals surface area contributed by atoms with Gasteiger partial charge in [0.15, 0.2) is 0 Å². The molecule has 0 aromatic heterocycles. The van der Waals surface area contributed by atoms with Gasteiger partial charge in [-0.05, 0) is 57.2 Å². The van der Waals surface area contributed by atoms with Crippen molar-refractivity contribution in [3.05, 3.63) is 35.4 Å². The van der Waals surface area contributed by atoms with Gasteiger partial charge in [0.1, 0.15) is 18.3 Å². The molecule has 2 amide bonds. The molecule has 2 saturated heterocycles. The largest absolute Gasteiger partial charge is 0.356 e. The fourth-order valence-corrected chi connectivity index (χ4v) is 4.69. The predicted molar refractivity (Wildman–Crippen MR) is 110 cm³/mol. The number of nitrogens with zero attached hydrogens (tertiary/aromatic N) is 1. The summed E-state index contributed by atoms with van der Waals surface area (Å²) in [6, 6.07) is 7.76. The van der Waals surface area contributed by atoms with Crippen LogP contribution in [0.1, 0.15) is 49.8 Å². The van der Waals surface area contributed by atoms with E-state index in [2.05, 4.69) is 41.1 Å². The number of nitrogens with one attached hydrogen (secondary N) is 3. The van der Waals surface area contributed by atoms with E-state index in [0.717, 1.165) is 19.3 Å². The molecule has 5 atom stereocenters. The SMILES string of the molecule is CN[C@@H](C)CN[C@H]1CO[C@H]2CCC(C(=O)N[C@@H]3CCCc4ccccc43)N2C1=O. The zero-order chi connectivity index (χ0) is 20.4. The van der Waals surface area contributed by atoms with Gasteiger partial charge in [-0.2, -0.15) is 0 Å². The lowest BCUT2D eigenvalue weighted by molar-refractivity contribution is -0.166. The Morgan fingerprint density at radius 2 is 2.07 bits per heavy atom. The van der Waals surface area contributed by atoms with Crippen LogP contribution in [-0.4, -0.2) is 61.3 Å². The van der Waals surface area contributed by atoms with Crippen molar-refractivity contribution < 1.29 is 14.3 Å². The van der Waals surface area contributed by atoms with E-state index in [4.69, 9.17) is 4.74 Å². The van der Waals surface area contributed by atoms with E-state index >= 15 is 0 Å². The molecule has 7 nitrogen and oxygen atoms in total. The summed E-state index contributed by atoms with van der Waals surface area (Å²) in [7, 11) is 1.89. The summed E-state index contributed by atoms with van der Waals surface area (Å²) in [5, 5.41) is 9.66. The maximum Gasteiger partial charge on any atom is 0.244 e. The molecule has 1 aromatic rings. The molecule has 2 heterocycles. The zero-order valence-corrected chi connectivity index (χ0v) is 17.3. The molecule has 1 aromatic carbocycles. The number of amides is 2. The first kappa shape index (κ1) is 20.3. The summed E-state index contributed by atoms with van der Waals surface area (Å²) in [4.78, 5) is 27.9. The minimum atomic E-state index is -0.451. The van der Waals surface area contributed by atoms with Gasteiger partial charge in [-0.3, -0.25) is 9.59 Å². The first-order valence-electron chi connectivity index (χ1n) is 10.8. The van der Waals surface area contributed by atoms with Crippen molar-refractivity contribution in [2.24, 2.45) is 0 Å². The molecule has 7 heteroatoms. The minimum Gasteiger partial charge on any atom is -0.356 e. The van der Waals surface area contributed by atoms with Crippen molar-refractivity contribution in [3.63, 3.8) is 0 Å². The van der Waals surface area contributed by atoms with Crippen molar-refractivity contribution in [1.82, 2.24) is 20.9 Å². The van der Waals surface area contributed by atoms with E-state index in [9.17, 15) is 9.59 Å². The Bertz CT molecular complexity index is 755. The second-order valence-corrected chi connectivity index (χ2v) is 8.43. The Hall–Kier alpha value is -1.96. The van der Waals surface area contributed by atoms with Gasteiger partial charge in [-0.15, -0.1) is 0 Å². The second-order valence-electron chi connectivity index (χ2n) is 8.43. The van der Waals surface area contributed by atoms with E-state index in [-0.39, 0.29) is 30.1 Å². The molecule has 0 radical (unpaired) electrons. The van der Waals surface area contributed by atoms with Gasteiger partial charge in [-0.1, -0.05) is 24.3 Å². The summed E-state index contributed by atoms with van der Waals surface area (Å²) in [5.41, 5.74) is 2.53. The van der Waals surface area contributed by atoms with Gasteiger partial charge in [0.2, 0.25) is 11.8 Å². The molecule has 2 fully saturated rings. The highest BCUT2D eigenvalue weighted by Gasteiger charge is 2.47. The molecule has 0 bridgehead atoms. The molecule has 29 heavy (non-hydrogen) atoms. The highest BCUT2D eigenvalue weighted by molar-refractivity contribution is 5.91. The number of carbonyl (C=O) groups is 2. The van der Waals surface area contributed by atoms with Gasteiger partial charge in [-0.25, -0.2) is 0 Å². The number of hydrogen-bond donors (Lipinski definition) is 3. The van der Waals surface area contributed by atoms with Crippen LogP contribution in [0.2, 0.25) is 0 Å². The first-order chi connectivity index (χ1) is 14.1. The normalized spacial score (nSPS) is 29.9. The molecule has 0 spiro atoms. The van der Waals surface area contributed by atoms with Crippen LogP contribution >= 0.6 is 0 Å². The maximum absolute atomic E-state index is 13.2. The van der Waals surface area contributed by atoms with Crippen molar-refractivity contribution in [2.45, 2.75) is 69.4 Å². The fourth-order valence-electron chi connectivity index (χ4n) is 4.69. The van der Waals surface area contributed by atoms with E-state index in [0.29, 0.717) is 26.0 Å². The summed E-state index contributed by atoms with van der Waals surface area (Å²) in [6.07, 6.45) is 4.15. The quantitative estimate of drug-likeness (QED) is 0.666. The Morgan fingerprint density at radius 3 is 2.90 bits per heavy atom. The van der Waals surface area contributed by atoms with Gasteiger partial charge in [0.25, 0.3) is 0 Å². The minimum absolute atomic E-state index is 0.0220. The van der Waals surface area contributed by atoms with E-state index in [1.165, 1.54) is 11.1 Å². The number of rotatable bonds is 6. The Labute approximate surface area is 172 Å². The van der Waals surface area contributed by atoms with Crippen LogP contribution < -0.4 is 16.0 Å². The highest BCUT2D eigenvalue weighted by Crippen LogP contribution is 2.32. The summed E-state index contributed by atoms with van der Waals surface area (Å²) >= 11 is 0. The van der Waals surface area contributed by atoms with Crippen LogP contribution in [0.4, 0.5) is 0 Å². The lowest BCUT2D eigenvalue weighted by atomic mass is 9.87. The third kappa shape index (κ3) is 4.17. The lowest BCUT2D eigenvalue weighted by Gasteiger charge is -2.38. The van der Waals surface area contributed by atoms with Crippen molar-refractivity contribution in [1.29, 1.82) is 0 Å². The van der Waals surface area contributed by atoms with E-state index < -0.39 is 12.1 Å². The van der Waals surface area contributed by atoms with Crippen LogP contribution in [0.3, 0.4) is 0 Å². The lowest BCUT2D eigenvalue weighted by Crippen LogP contribution is -2.61. The first-order valence-corrected chi connectivity index (χ1v) is 10.8. The molecule has 0 saturated carbocycles. The molecule has 2 aliphatic heterocycles. The van der Waals surface area contributed by atoms with Gasteiger partial charge < -0.3 is 25.6 Å². The predicted octanol–water partition coefficient (Wildman–Crippen LogP) is 1.09. The Morgan fingerprint density at radius 1 is 1.24 bits per heavy atom. The van der Waals surface area contributed by atoms with Crippen molar-refractivity contribution >= 4 is 11.8 Å². The fraction of sp³-hybridized carbons (Fsp3) is 0.636. The Balaban J connectivity index is 1.42. The molecule has 158 valence electrons. The number of likely N-dealkylation sites (N-methyl/N-ethyl adjacent to an activating group) is 1. The summed E-state index contributed by atoms with van der Waals surface area (Å²) in [5.74, 6) is -0.0818. The molecule has 1 aliphatic carbocycles. The van der Waals surface area contributed by atoms with Gasteiger partial charge in [0.05, 0.1) is 12.6 Å². The van der Waals surface area contributed by atoms with Crippen LogP contribution in [-0.2, 0) is 20.7 Å². The zero-order valence-electron chi connectivity index (χ0n) is 17.3. The monoisotopic (exact) mass is 400 g/mol. The second kappa shape index (κ2) is 8.81. The number of fused-ring (bicyclic) bond motifs is 2.